The second kappa shape index (κ2) is 11.1. The first-order valence-electron chi connectivity index (χ1n) is 10.1. The van der Waals surface area contributed by atoms with Gasteiger partial charge in [0.15, 0.2) is 0 Å². The van der Waals surface area contributed by atoms with E-state index in [1.807, 2.05) is 5.38 Å². The van der Waals surface area contributed by atoms with Gasteiger partial charge in [-0.3, -0.25) is 5.32 Å². The molecular weight excluding hydrogens is 450 g/mol. The predicted octanol–water partition coefficient (Wildman–Crippen LogP) is 3.34. The number of hydrogen-bond acceptors (Lipinski definition) is 8. The Kier molecular flexibility index (Phi) is 8.03. The van der Waals surface area contributed by atoms with Gasteiger partial charge < -0.3 is 24.8 Å². The molecule has 2 aromatic rings. The minimum atomic E-state index is -0.722. The number of anilines is 1. The number of carbonyl (C=O) groups excluding carboxylic acids is 4. The highest BCUT2D eigenvalue weighted by Gasteiger charge is 2.34. The summed E-state index contributed by atoms with van der Waals surface area (Å²) in [6, 6.07) is 8.33. The van der Waals surface area contributed by atoms with Crippen LogP contribution in [0.4, 0.5) is 15.3 Å². The molecule has 0 radical (unpaired) electrons. The van der Waals surface area contributed by atoms with E-state index in [0.29, 0.717) is 5.69 Å². The average molecular weight is 474 g/mol. The Bertz CT molecular complexity index is 1050. The van der Waals surface area contributed by atoms with Gasteiger partial charge in [-0.25, -0.2) is 19.2 Å². The van der Waals surface area contributed by atoms with Crippen molar-refractivity contribution in [2.75, 3.05) is 25.1 Å². The van der Waals surface area contributed by atoms with E-state index in [-0.39, 0.29) is 36.7 Å². The molecule has 0 saturated heterocycles. The van der Waals surface area contributed by atoms with Crippen molar-refractivity contribution in [2.24, 2.45) is 0 Å². The second-order valence-corrected chi connectivity index (χ2v) is 7.64. The van der Waals surface area contributed by atoms with Crippen molar-refractivity contribution in [1.82, 2.24) is 10.6 Å². The van der Waals surface area contributed by atoms with Crippen LogP contribution in [0.25, 0.3) is 0 Å². The van der Waals surface area contributed by atoms with E-state index in [1.165, 1.54) is 35.6 Å². The summed E-state index contributed by atoms with van der Waals surface area (Å²) >= 11 is 1.37. The number of carbonyl (C=O) groups is 4. The van der Waals surface area contributed by atoms with Crippen molar-refractivity contribution in [3.05, 3.63) is 63.5 Å². The summed E-state index contributed by atoms with van der Waals surface area (Å²) in [6.45, 7) is 3.40. The number of hydrogen-bond donors (Lipinski definition) is 3. The molecule has 10 nitrogen and oxygen atoms in total. The fourth-order valence-electron chi connectivity index (χ4n) is 3.05. The smallest absolute Gasteiger partial charge is 0.411 e. The van der Waals surface area contributed by atoms with E-state index in [0.717, 1.165) is 4.88 Å². The normalized spacial score (nSPS) is 15.2. The van der Waals surface area contributed by atoms with Gasteiger partial charge in [0.1, 0.15) is 6.61 Å². The molecule has 1 aromatic heterocycles. The maximum absolute atomic E-state index is 12.7. The number of nitrogens with one attached hydrogen (secondary N) is 3. The molecule has 0 unspecified atom stereocenters. The maximum Gasteiger partial charge on any atom is 0.411 e. The molecule has 2 heterocycles. The Morgan fingerprint density at radius 1 is 1.00 bits per heavy atom. The largest absolute Gasteiger partial charge is 0.463 e. The van der Waals surface area contributed by atoms with Gasteiger partial charge in [-0.05, 0) is 49.6 Å². The molecule has 1 aromatic carbocycles. The fourth-order valence-corrected chi connectivity index (χ4v) is 3.83. The van der Waals surface area contributed by atoms with Gasteiger partial charge in [0.25, 0.3) is 0 Å². The quantitative estimate of drug-likeness (QED) is 0.396. The van der Waals surface area contributed by atoms with Crippen LogP contribution in [0.2, 0.25) is 0 Å². The monoisotopic (exact) mass is 473 g/mol. The van der Waals surface area contributed by atoms with Crippen molar-refractivity contribution in [1.29, 1.82) is 0 Å². The standard InChI is InChI=1S/C22H23N3O7S/c1-3-30-20(27)17-15(24-21(28)25-18(17)16-6-5-11-33-16)12-32-19(26)13-7-9-14(10-8-13)23-22(29)31-4-2/h5-11,18H,3-4,12H2,1-2H3,(H,23,29)(H2,24,25,28)/t18-/m0/s1. The Hall–Kier alpha value is -3.86. The van der Waals surface area contributed by atoms with Crippen LogP contribution in [0.5, 0.6) is 0 Å². The lowest BCUT2D eigenvalue weighted by Gasteiger charge is -2.28. The third-order valence-electron chi connectivity index (χ3n) is 4.47. The van der Waals surface area contributed by atoms with Crippen LogP contribution < -0.4 is 16.0 Å². The number of esters is 2. The Morgan fingerprint density at radius 2 is 1.73 bits per heavy atom. The molecule has 1 aliphatic rings. The summed E-state index contributed by atoms with van der Waals surface area (Å²) in [5, 5.41) is 9.59. The first-order chi connectivity index (χ1) is 15.9. The summed E-state index contributed by atoms with van der Waals surface area (Å²) in [6.07, 6.45) is -0.604. The Labute approximate surface area is 193 Å². The third-order valence-corrected chi connectivity index (χ3v) is 5.40. The Balaban J connectivity index is 1.75. The van der Waals surface area contributed by atoms with Gasteiger partial charge in [0, 0.05) is 10.6 Å². The van der Waals surface area contributed by atoms with Crippen LogP contribution in [0.1, 0.15) is 35.1 Å². The molecule has 1 aliphatic heterocycles. The van der Waals surface area contributed by atoms with Crippen molar-refractivity contribution in [3.63, 3.8) is 0 Å². The molecule has 3 amide bonds. The van der Waals surface area contributed by atoms with Gasteiger partial charge in [-0.2, -0.15) is 0 Å². The van der Waals surface area contributed by atoms with Gasteiger partial charge in [0.2, 0.25) is 0 Å². The Morgan fingerprint density at radius 3 is 2.36 bits per heavy atom. The number of benzene rings is 1. The summed E-state index contributed by atoms with van der Waals surface area (Å²) < 4.78 is 15.3. The minimum Gasteiger partial charge on any atom is -0.463 e. The molecule has 174 valence electrons. The van der Waals surface area contributed by atoms with Crippen LogP contribution in [0.15, 0.2) is 53.0 Å². The SMILES string of the molecule is CCOC(=O)Nc1ccc(C(=O)OCC2=C(C(=O)OCC)[C@H](c3cccs3)NC(=O)N2)cc1. The van der Waals surface area contributed by atoms with Crippen LogP contribution >= 0.6 is 11.3 Å². The highest BCUT2D eigenvalue weighted by molar-refractivity contribution is 7.10. The molecule has 0 bridgehead atoms. The summed E-state index contributed by atoms with van der Waals surface area (Å²) in [5.41, 5.74) is 0.977. The lowest BCUT2D eigenvalue weighted by molar-refractivity contribution is -0.139. The van der Waals surface area contributed by atoms with E-state index < -0.39 is 30.1 Å². The van der Waals surface area contributed by atoms with E-state index in [4.69, 9.17) is 14.2 Å². The van der Waals surface area contributed by atoms with Crippen molar-refractivity contribution >= 4 is 41.1 Å². The van der Waals surface area contributed by atoms with Crippen molar-refractivity contribution < 1.29 is 33.4 Å². The molecule has 0 fully saturated rings. The number of thiophene rings is 1. The number of rotatable bonds is 8. The summed E-state index contributed by atoms with van der Waals surface area (Å²) in [7, 11) is 0. The third kappa shape index (κ3) is 6.10. The van der Waals surface area contributed by atoms with Crippen LogP contribution in [0.3, 0.4) is 0 Å². The average Bonchev–Trinajstić information content (AvgIpc) is 3.32. The van der Waals surface area contributed by atoms with E-state index >= 15 is 0 Å². The van der Waals surface area contributed by atoms with Crippen molar-refractivity contribution in [3.8, 4) is 0 Å². The molecule has 0 saturated carbocycles. The van der Waals surface area contributed by atoms with Crippen LogP contribution in [-0.4, -0.2) is 43.9 Å². The molecule has 1 atom stereocenters. The maximum atomic E-state index is 12.7. The van der Waals surface area contributed by atoms with Gasteiger partial charge in [0.05, 0.1) is 36.1 Å². The molecule has 33 heavy (non-hydrogen) atoms. The highest BCUT2D eigenvalue weighted by Crippen LogP contribution is 2.30. The van der Waals surface area contributed by atoms with Gasteiger partial charge >= 0.3 is 24.1 Å². The summed E-state index contributed by atoms with van der Waals surface area (Å²) in [4.78, 5) is 49.6. The van der Waals surface area contributed by atoms with Crippen LogP contribution in [-0.2, 0) is 19.0 Å². The lowest BCUT2D eigenvalue weighted by atomic mass is 10.0. The second-order valence-electron chi connectivity index (χ2n) is 6.66. The number of amides is 3. The zero-order valence-corrected chi connectivity index (χ0v) is 18.8. The summed E-state index contributed by atoms with van der Waals surface area (Å²) in [5.74, 6) is -1.29. The predicted molar refractivity (Wildman–Crippen MR) is 120 cm³/mol. The van der Waals surface area contributed by atoms with E-state index in [1.54, 1.807) is 26.0 Å². The molecule has 3 N–H and O–H groups in total. The molecule has 3 rings (SSSR count). The lowest BCUT2D eigenvalue weighted by Crippen LogP contribution is -2.46. The molecule has 11 heteroatoms. The highest BCUT2D eigenvalue weighted by atomic mass is 32.1. The van der Waals surface area contributed by atoms with Gasteiger partial charge in [-0.1, -0.05) is 6.07 Å². The molecular formula is C22H23N3O7S. The number of urea groups is 1. The van der Waals surface area contributed by atoms with E-state index in [9.17, 15) is 19.2 Å². The van der Waals surface area contributed by atoms with Crippen LogP contribution in [0, 0.1) is 0 Å². The zero-order valence-electron chi connectivity index (χ0n) is 18.0. The fraction of sp³-hybridized carbons (Fsp3) is 0.273. The minimum absolute atomic E-state index is 0.143. The van der Waals surface area contributed by atoms with E-state index in [2.05, 4.69) is 16.0 Å². The zero-order chi connectivity index (χ0) is 23.8. The first kappa shape index (κ1) is 23.8. The molecule has 0 spiro atoms. The number of ether oxygens (including phenoxy) is 3. The molecule has 0 aliphatic carbocycles. The first-order valence-corrected chi connectivity index (χ1v) is 11.0. The van der Waals surface area contributed by atoms with Gasteiger partial charge in [-0.15, -0.1) is 11.3 Å². The van der Waals surface area contributed by atoms with Crippen molar-refractivity contribution in [2.45, 2.75) is 19.9 Å². The topological polar surface area (TPSA) is 132 Å².